The van der Waals surface area contributed by atoms with E-state index < -0.39 is 5.91 Å². The van der Waals surface area contributed by atoms with E-state index in [-0.39, 0.29) is 6.10 Å². The van der Waals surface area contributed by atoms with Crippen molar-refractivity contribution < 1.29 is 9.53 Å². The molecule has 6 heteroatoms. The number of rotatable bonds is 2. The number of hydrogen-bond acceptors (Lipinski definition) is 4. The quantitative estimate of drug-likeness (QED) is 0.812. The molecule has 4 aliphatic rings. The third-order valence-corrected chi connectivity index (χ3v) is 5.81. The average Bonchev–Trinajstić information content (AvgIpc) is 2.97. The molecule has 0 aliphatic carbocycles. The third-order valence-electron chi connectivity index (χ3n) is 5.50. The number of nitrogens with two attached hydrogens (primary N) is 2. The van der Waals surface area contributed by atoms with E-state index in [0.717, 1.165) is 18.5 Å². The summed E-state index contributed by atoms with van der Waals surface area (Å²) in [6.07, 6.45) is 3.26. The van der Waals surface area contributed by atoms with Crippen LogP contribution in [0, 0.1) is 11.8 Å². The lowest BCUT2D eigenvalue weighted by atomic mass is 9.75. The predicted octanol–water partition coefficient (Wildman–Crippen LogP) is 1.67. The molecule has 0 saturated carbocycles. The number of amides is 1. The van der Waals surface area contributed by atoms with Crippen molar-refractivity contribution in [3.05, 3.63) is 22.2 Å². The second kappa shape index (κ2) is 5.03. The minimum atomic E-state index is -0.521. The molecule has 1 unspecified atom stereocenters. The number of halogens is 1. The van der Waals surface area contributed by atoms with Crippen molar-refractivity contribution in [3.8, 4) is 5.75 Å². The van der Waals surface area contributed by atoms with Gasteiger partial charge >= 0.3 is 0 Å². The number of benzene rings is 1. The van der Waals surface area contributed by atoms with Crippen LogP contribution < -0.4 is 16.2 Å². The van der Waals surface area contributed by atoms with Crippen LogP contribution in [-0.4, -0.2) is 36.5 Å². The Labute approximate surface area is 134 Å². The monoisotopic (exact) mass is 321 g/mol. The van der Waals surface area contributed by atoms with Crippen LogP contribution in [0.25, 0.3) is 0 Å². The molecule has 4 aliphatic heterocycles. The summed E-state index contributed by atoms with van der Waals surface area (Å²) < 4.78 is 6.16. The van der Waals surface area contributed by atoms with E-state index in [1.807, 2.05) is 0 Å². The fraction of sp³-hybridized carbons (Fsp3) is 0.562. The fourth-order valence-corrected chi connectivity index (χ4v) is 4.51. The van der Waals surface area contributed by atoms with E-state index in [9.17, 15) is 4.79 Å². The highest BCUT2D eigenvalue weighted by molar-refractivity contribution is 6.33. The third kappa shape index (κ3) is 2.07. The van der Waals surface area contributed by atoms with Crippen molar-refractivity contribution in [1.82, 2.24) is 4.90 Å². The van der Waals surface area contributed by atoms with Crippen LogP contribution in [-0.2, 0) is 6.42 Å². The van der Waals surface area contributed by atoms with Crippen LogP contribution in [0.3, 0.4) is 0 Å². The zero-order valence-electron chi connectivity index (χ0n) is 12.3. The molecule has 2 atom stereocenters. The highest BCUT2D eigenvalue weighted by Crippen LogP contribution is 2.45. The molecule has 3 saturated heterocycles. The molecule has 118 valence electrons. The van der Waals surface area contributed by atoms with Crippen LogP contribution in [0.4, 0.5) is 5.69 Å². The first-order valence-electron chi connectivity index (χ1n) is 7.84. The maximum absolute atomic E-state index is 11.7. The highest BCUT2D eigenvalue weighted by atomic mass is 35.5. The van der Waals surface area contributed by atoms with Crippen molar-refractivity contribution in [2.45, 2.75) is 25.4 Å². The first-order chi connectivity index (χ1) is 10.5. The fourth-order valence-electron chi connectivity index (χ4n) is 4.28. The van der Waals surface area contributed by atoms with Crippen LogP contribution in [0.5, 0.6) is 5.75 Å². The lowest BCUT2D eigenvalue weighted by Crippen LogP contribution is -2.52. The largest absolute Gasteiger partial charge is 0.489 e. The lowest BCUT2D eigenvalue weighted by molar-refractivity contribution is -0.00677. The van der Waals surface area contributed by atoms with Crippen LogP contribution in [0.15, 0.2) is 6.07 Å². The first kappa shape index (κ1) is 14.2. The lowest BCUT2D eigenvalue weighted by Gasteiger charge is -2.46. The molecule has 2 bridgehead atoms. The van der Waals surface area contributed by atoms with Gasteiger partial charge in [0, 0.05) is 24.4 Å². The van der Waals surface area contributed by atoms with Crippen molar-refractivity contribution >= 4 is 23.2 Å². The van der Waals surface area contributed by atoms with Gasteiger partial charge in [-0.3, -0.25) is 4.79 Å². The topological polar surface area (TPSA) is 81.6 Å². The van der Waals surface area contributed by atoms with E-state index in [2.05, 4.69) is 4.90 Å². The second-order valence-electron chi connectivity index (χ2n) is 6.65. The normalized spacial score (nSPS) is 32.6. The molecule has 1 amide bonds. The van der Waals surface area contributed by atoms with Gasteiger partial charge in [0.1, 0.15) is 11.9 Å². The Balaban J connectivity index is 1.67. The first-order valence-corrected chi connectivity index (χ1v) is 8.22. The molecule has 5 rings (SSSR count). The molecule has 0 radical (unpaired) electrons. The molecule has 22 heavy (non-hydrogen) atoms. The minimum absolute atomic E-state index is 0.0713. The highest BCUT2D eigenvalue weighted by Gasteiger charge is 2.43. The van der Waals surface area contributed by atoms with Gasteiger partial charge in [-0.25, -0.2) is 0 Å². The van der Waals surface area contributed by atoms with Gasteiger partial charge in [0.2, 0.25) is 0 Å². The van der Waals surface area contributed by atoms with Gasteiger partial charge in [-0.15, -0.1) is 0 Å². The van der Waals surface area contributed by atoms with E-state index in [1.165, 1.54) is 32.0 Å². The number of fused-ring (bicyclic) bond motifs is 4. The molecule has 0 aromatic heterocycles. The molecule has 0 spiro atoms. The van der Waals surface area contributed by atoms with Gasteiger partial charge in [0.05, 0.1) is 16.3 Å². The maximum atomic E-state index is 11.7. The van der Waals surface area contributed by atoms with Gasteiger partial charge in [0.15, 0.2) is 0 Å². The Hall–Kier alpha value is -1.46. The number of carbonyl (C=O) groups excluding carboxylic acids is 1. The number of nitrogen functional groups attached to an aromatic ring is 1. The summed E-state index contributed by atoms with van der Waals surface area (Å²) in [7, 11) is 0. The summed E-state index contributed by atoms with van der Waals surface area (Å²) in [6.45, 7) is 3.46. The van der Waals surface area contributed by atoms with Crippen molar-refractivity contribution in [2.75, 3.05) is 25.4 Å². The predicted molar refractivity (Wildman–Crippen MR) is 85.2 cm³/mol. The van der Waals surface area contributed by atoms with E-state index in [1.54, 1.807) is 0 Å². The van der Waals surface area contributed by atoms with Gasteiger partial charge in [0.25, 0.3) is 5.91 Å². The van der Waals surface area contributed by atoms with Crippen molar-refractivity contribution in [3.63, 3.8) is 0 Å². The molecule has 5 nitrogen and oxygen atoms in total. The molecular formula is C16H20ClN3O2. The molecule has 3 fully saturated rings. The summed E-state index contributed by atoms with van der Waals surface area (Å²) >= 11 is 6.14. The number of primary amides is 1. The van der Waals surface area contributed by atoms with E-state index in [0.29, 0.717) is 33.9 Å². The SMILES string of the molecule is NC(=O)c1cc(Cl)c(N)c2c1O[C@H](C1CN3CCC1CC3)C2. The molecule has 1 aromatic rings. The van der Waals surface area contributed by atoms with Crippen LogP contribution >= 0.6 is 11.6 Å². The van der Waals surface area contributed by atoms with E-state index >= 15 is 0 Å². The standard InChI is InChI=1S/C16H20ClN3O2/c17-12-5-10(16(19)21)15-9(14(12)18)6-13(22-15)11-7-20-3-1-8(11)2-4-20/h5,8,11,13H,1-4,6-7,18H2,(H2,19,21)/t11?,13-/m0/s1. The summed E-state index contributed by atoms with van der Waals surface area (Å²) in [5.41, 5.74) is 13.3. The van der Waals surface area contributed by atoms with Crippen molar-refractivity contribution in [1.29, 1.82) is 0 Å². The molecule has 4 N–H and O–H groups in total. The van der Waals surface area contributed by atoms with Gasteiger partial charge in [-0.2, -0.15) is 0 Å². The average molecular weight is 322 g/mol. The van der Waals surface area contributed by atoms with Gasteiger partial charge in [-0.1, -0.05) is 11.6 Å². The summed E-state index contributed by atoms with van der Waals surface area (Å²) in [6, 6.07) is 1.52. The smallest absolute Gasteiger partial charge is 0.252 e. The Kier molecular flexibility index (Phi) is 3.24. The van der Waals surface area contributed by atoms with Gasteiger partial charge in [-0.05, 0) is 37.9 Å². The van der Waals surface area contributed by atoms with Crippen molar-refractivity contribution in [2.24, 2.45) is 17.6 Å². The minimum Gasteiger partial charge on any atom is -0.489 e. The molecule has 1 aromatic carbocycles. The molecule has 4 heterocycles. The number of ether oxygens (including phenoxy) is 1. The Bertz CT molecular complexity index is 641. The van der Waals surface area contributed by atoms with E-state index in [4.69, 9.17) is 27.8 Å². The second-order valence-corrected chi connectivity index (χ2v) is 7.06. The van der Waals surface area contributed by atoms with Crippen LogP contribution in [0.2, 0.25) is 5.02 Å². The Morgan fingerprint density at radius 3 is 2.68 bits per heavy atom. The summed E-state index contributed by atoms with van der Waals surface area (Å²) in [5.74, 6) is 1.23. The molecular weight excluding hydrogens is 302 g/mol. The Morgan fingerprint density at radius 2 is 2.09 bits per heavy atom. The number of carbonyl (C=O) groups is 1. The zero-order chi connectivity index (χ0) is 15.4. The summed E-state index contributed by atoms with van der Waals surface area (Å²) in [5, 5.41) is 0.380. The number of nitrogens with zero attached hydrogens (tertiary/aromatic N) is 1. The number of anilines is 1. The number of piperidine rings is 3. The summed E-state index contributed by atoms with van der Waals surface area (Å²) in [4.78, 5) is 14.2. The maximum Gasteiger partial charge on any atom is 0.252 e. The number of hydrogen-bond donors (Lipinski definition) is 2. The van der Waals surface area contributed by atoms with Gasteiger partial charge < -0.3 is 21.1 Å². The zero-order valence-corrected chi connectivity index (χ0v) is 13.1. The Morgan fingerprint density at radius 1 is 1.36 bits per heavy atom. The van der Waals surface area contributed by atoms with Crippen LogP contribution in [0.1, 0.15) is 28.8 Å².